The fourth-order valence-corrected chi connectivity index (χ4v) is 4.84. The molecule has 1 unspecified atom stereocenters. The van der Waals surface area contributed by atoms with Crippen molar-refractivity contribution in [1.82, 2.24) is 4.90 Å². The van der Waals surface area contributed by atoms with Gasteiger partial charge >= 0.3 is 12.1 Å². The molecule has 0 spiro atoms. The number of nitriles is 2. The lowest BCUT2D eigenvalue weighted by molar-refractivity contribution is -0.139. The summed E-state index contributed by atoms with van der Waals surface area (Å²) in [7, 11) is 0. The number of ether oxygens (including phenoxy) is 2. The van der Waals surface area contributed by atoms with Crippen LogP contribution in [0.1, 0.15) is 52.5 Å². The molecule has 0 aromatic heterocycles. The van der Waals surface area contributed by atoms with Crippen molar-refractivity contribution in [2.75, 3.05) is 6.61 Å². The SMILES string of the molecule is C=C(c1ccccc1)[C@@H]1C(C(C#N)(C#N)CC#CCOC(C)=O)=CC2CC[C@@H]1N2C(=O)OC(C)(C)C. The number of carbonyl (C=O) groups excluding carboxylic acids is 2. The molecule has 2 bridgehead atoms. The predicted molar refractivity (Wildman–Crippen MR) is 135 cm³/mol. The highest BCUT2D eigenvalue weighted by Gasteiger charge is 2.52. The van der Waals surface area contributed by atoms with Gasteiger partial charge in [-0.15, -0.1) is 0 Å². The Bertz CT molecular complexity index is 1190. The summed E-state index contributed by atoms with van der Waals surface area (Å²) in [6.07, 6.45) is 2.77. The molecule has 1 fully saturated rings. The molecule has 1 aromatic rings. The minimum absolute atomic E-state index is 0.0580. The summed E-state index contributed by atoms with van der Waals surface area (Å²) >= 11 is 0. The Balaban J connectivity index is 2.07. The minimum Gasteiger partial charge on any atom is -0.453 e. The van der Waals surface area contributed by atoms with E-state index in [4.69, 9.17) is 9.47 Å². The monoisotopic (exact) mass is 485 g/mol. The van der Waals surface area contributed by atoms with Crippen LogP contribution >= 0.6 is 0 Å². The van der Waals surface area contributed by atoms with E-state index in [2.05, 4.69) is 30.6 Å². The average molecular weight is 486 g/mol. The van der Waals surface area contributed by atoms with E-state index in [1.807, 2.05) is 57.2 Å². The van der Waals surface area contributed by atoms with Crippen LogP contribution in [-0.4, -0.2) is 41.3 Å². The number of benzene rings is 1. The Morgan fingerprint density at radius 1 is 1.11 bits per heavy atom. The number of nitrogens with zero attached hydrogens (tertiary/aromatic N) is 3. The van der Waals surface area contributed by atoms with Crippen LogP contribution in [0.2, 0.25) is 0 Å². The van der Waals surface area contributed by atoms with E-state index in [1.54, 1.807) is 4.90 Å². The Hall–Kier alpha value is -4.02. The second kappa shape index (κ2) is 10.7. The van der Waals surface area contributed by atoms with Gasteiger partial charge in [-0.2, -0.15) is 10.5 Å². The van der Waals surface area contributed by atoms with Gasteiger partial charge in [0.05, 0.1) is 18.2 Å². The Labute approximate surface area is 213 Å². The smallest absolute Gasteiger partial charge is 0.411 e. The third-order valence-corrected chi connectivity index (χ3v) is 6.39. The van der Waals surface area contributed by atoms with Crippen molar-refractivity contribution in [3.63, 3.8) is 0 Å². The number of rotatable bonds is 5. The molecule has 0 radical (unpaired) electrons. The predicted octanol–water partition coefficient (Wildman–Crippen LogP) is 5.01. The van der Waals surface area contributed by atoms with E-state index in [0.717, 1.165) is 11.1 Å². The zero-order valence-electron chi connectivity index (χ0n) is 21.2. The molecule has 36 heavy (non-hydrogen) atoms. The molecule has 0 aliphatic carbocycles. The molecular weight excluding hydrogens is 454 g/mol. The summed E-state index contributed by atoms with van der Waals surface area (Å²) in [4.78, 5) is 26.0. The van der Waals surface area contributed by atoms with Gasteiger partial charge in [-0.05, 0) is 50.3 Å². The van der Waals surface area contributed by atoms with E-state index < -0.39 is 29.0 Å². The van der Waals surface area contributed by atoms with Crippen molar-refractivity contribution in [2.45, 2.75) is 64.6 Å². The van der Waals surface area contributed by atoms with Crippen LogP contribution in [0.4, 0.5) is 4.79 Å². The molecule has 1 aromatic carbocycles. The standard InChI is InChI=1S/C29H31N3O4/c1-20(22-11-7-6-8-12-22)26-24(29(18-30,19-31)15-9-10-16-35-21(2)33)17-23-13-14-25(26)32(23)27(34)36-28(3,4)5/h6-8,11-12,17,23,25-26H,1,13-16H2,2-5H3/t23?,25-,26+/m0/s1. The third-order valence-electron chi connectivity index (χ3n) is 6.39. The molecule has 3 atom stereocenters. The molecule has 1 saturated heterocycles. The first-order chi connectivity index (χ1) is 17.0. The summed E-state index contributed by atoms with van der Waals surface area (Å²) in [6.45, 7) is 11.0. The van der Waals surface area contributed by atoms with Crippen LogP contribution in [-0.2, 0) is 14.3 Å². The molecule has 2 aliphatic heterocycles. The first kappa shape index (κ1) is 26.6. The first-order valence-electron chi connectivity index (χ1n) is 11.9. The minimum atomic E-state index is -1.55. The normalized spacial score (nSPS) is 20.7. The van der Waals surface area contributed by atoms with Crippen molar-refractivity contribution >= 4 is 17.6 Å². The largest absolute Gasteiger partial charge is 0.453 e. The molecule has 7 nitrogen and oxygen atoms in total. The van der Waals surface area contributed by atoms with Gasteiger partial charge in [-0.1, -0.05) is 54.8 Å². The van der Waals surface area contributed by atoms with Crippen LogP contribution in [0.25, 0.3) is 5.57 Å². The van der Waals surface area contributed by atoms with Gasteiger partial charge in [0.1, 0.15) is 5.60 Å². The van der Waals surface area contributed by atoms with E-state index in [0.29, 0.717) is 18.4 Å². The average Bonchev–Trinajstić information content (AvgIpc) is 3.14. The van der Waals surface area contributed by atoms with Crippen LogP contribution in [0.15, 0.2) is 48.6 Å². The summed E-state index contributed by atoms with van der Waals surface area (Å²) in [5, 5.41) is 20.5. The van der Waals surface area contributed by atoms with Crippen molar-refractivity contribution in [3.8, 4) is 24.0 Å². The van der Waals surface area contributed by atoms with Gasteiger partial charge in [0.25, 0.3) is 0 Å². The zero-order chi connectivity index (χ0) is 26.5. The summed E-state index contributed by atoms with van der Waals surface area (Å²) in [5.74, 6) is 4.64. The molecule has 0 N–H and O–H groups in total. The molecular formula is C29H31N3O4. The number of amides is 1. The maximum Gasteiger partial charge on any atom is 0.411 e. The molecule has 1 amide bonds. The Kier molecular flexibility index (Phi) is 7.91. The number of hydrogen-bond donors (Lipinski definition) is 0. The van der Waals surface area contributed by atoms with Gasteiger partial charge in [0, 0.05) is 25.3 Å². The van der Waals surface area contributed by atoms with Crippen LogP contribution < -0.4 is 0 Å². The fraction of sp³-hybridized carbons (Fsp3) is 0.448. The quantitative estimate of drug-likeness (QED) is 0.330. The highest BCUT2D eigenvalue weighted by molar-refractivity contribution is 5.75. The second-order valence-corrected chi connectivity index (χ2v) is 10.0. The van der Waals surface area contributed by atoms with Crippen LogP contribution in [0.3, 0.4) is 0 Å². The molecule has 0 saturated carbocycles. The third kappa shape index (κ3) is 5.61. The van der Waals surface area contributed by atoms with Crippen LogP contribution in [0.5, 0.6) is 0 Å². The molecule has 186 valence electrons. The zero-order valence-corrected chi connectivity index (χ0v) is 21.2. The number of carbonyl (C=O) groups is 2. The van der Waals surface area contributed by atoms with Gasteiger partial charge in [-0.25, -0.2) is 4.79 Å². The lowest BCUT2D eigenvalue weighted by Gasteiger charge is -2.43. The summed E-state index contributed by atoms with van der Waals surface area (Å²) in [6, 6.07) is 13.4. The maximum absolute atomic E-state index is 13.2. The molecule has 3 rings (SSSR count). The molecule has 2 heterocycles. The number of fused-ring (bicyclic) bond motifs is 2. The second-order valence-electron chi connectivity index (χ2n) is 10.0. The van der Waals surface area contributed by atoms with Crippen molar-refractivity contribution in [1.29, 1.82) is 10.5 Å². The topological polar surface area (TPSA) is 103 Å². The van der Waals surface area contributed by atoms with E-state index in [1.165, 1.54) is 6.92 Å². The lowest BCUT2D eigenvalue weighted by Crippen LogP contribution is -2.51. The molecule has 2 aliphatic rings. The highest BCUT2D eigenvalue weighted by atomic mass is 16.6. The van der Waals surface area contributed by atoms with Gasteiger partial charge < -0.3 is 9.47 Å². The van der Waals surface area contributed by atoms with E-state index >= 15 is 0 Å². The van der Waals surface area contributed by atoms with Gasteiger partial charge in [0.15, 0.2) is 12.0 Å². The van der Waals surface area contributed by atoms with Crippen molar-refractivity contribution in [2.24, 2.45) is 11.3 Å². The van der Waals surface area contributed by atoms with Crippen LogP contribution in [0, 0.1) is 45.8 Å². The highest BCUT2D eigenvalue weighted by Crippen LogP contribution is 2.51. The Morgan fingerprint density at radius 3 is 2.36 bits per heavy atom. The first-order valence-corrected chi connectivity index (χ1v) is 11.9. The van der Waals surface area contributed by atoms with Gasteiger partial charge in [-0.3, -0.25) is 9.69 Å². The summed E-state index contributed by atoms with van der Waals surface area (Å²) in [5.41, 5.74) is -0.00736. The van der Waals surface area contributed by atoms with Crippen molar-refractivity contribution in [3.05, 3.63) is 54.1 Å². The van der Waals surface area contributed by atoms with E-state index in [-0.39, 0.29) is 25.1 Å². The Morgan fingerprint density at radius 2 is 1.78 bits per heavy atom. The maximum atomic E-state index is 13.2. The molecule has 7 heteroatoms. The number of hydrogen-bond acceptors (Lipinski definition) is 6. The summed E-state index contributed by atoms with van der Waals surface area (Å²) < 4.78 is 10.6. The van der Waals surface area contributed by atoms with E-state index in [9.17, 15) is 20.1 Å². The number of esters is 1. The fourth-order valence-electron chi connectivity index (χ4n) is 4.84. The lowest BCUT2D eigenvalue weighted by atomic mass is 9.67. The van der Waals surface area contributed by atoms with Gasteiger partial charge in [0.2, 0.25) is 0 Å². The van der Waals surface area contributed by atoms with Crippen molar-refractivity contribution < 1.29 is 19.1 Å².